The molecule has 0 bridgehead atoms. The molecule has 0 aromatic carbocycles. The summed E-state index contributed by atoms with van der Waals surface area (Å²) in [5.41, 5.74) is 0. The summed E-state index contributed by atoms with van der Waals surface area (Å²) in [6.07, 6.45) is 20.5. The Labute approximate surface area is 95.8 Å². The summed E-state index contributed by atoms with van der Waals surface area (Å²) in [7, 11) is 0. The van der Waals surface area contributed by atoms with Gasteiger partial charge in [-0.15, -0.1) is 0 Å². The van der Waals surface area contributed by atoms with E-state index in [9.17, 15) is 0 Å². The zero-order valence-electron chi connectivity index (χ0n) is 10.1. The minimum absolute atomic E-state index is 0.993. The molecule has 0 aliphatic heterocycles. The Kier molecular flexibility index (Phi) is 12.5. The van der Waals surface area contributed by atoms with Crippen molar-refractivity contribution in [3.05, 3.63) is 37.0 Å². The van der Waals surface area contributed by atoms with Gasteiger partial charge in [0.25, 0.3) is 0 Å². The molecule has 0 aromatic heterocycles. The van der Waals surface area contributed by atoms with Crippen molar-refractivity contribution < 1.29 is 0 Å². The quantitative estimate of drug-likeness (QED) is 0.338. The minimum Gasteiger partial charge on any atom is -0.0885 e. The molecule has 0 amide bonds. The molecular weight excluding hydrogens is 180 g/mol. The lowest BCUT2D eigenvalue weighted by molar-refractivity contribution is 0.805. The van der Waals surface area contributed by atoms with Gasteiger partial charge < -0.3 is 0 Å². The second-order valence-electron chi connectivity index (χ2n) is 3.83. The van der Waals surface area contributed by atoms with Crippen LogP contribution in [-0.4, -0.2) is 0 Å². The molecule has 15 heavy (non-hydrogen) atoms. The fourth-order valence-electron chi connectivity index (χ4n) is 1.34. The highest BCUT2D eigenvalue weighted by Crippen LogP contribution is 2.02. The van der Waals surface area contributed by atoms with Crippen LogP contribution in [-0.2, 0) is 0 Å². The van der Waals surface area contributed by atoms with E-state index in [1.165, 1.54) is 38.5 Å². The third-order valence-corrected chi connectivity index (χ3v) is 2.30. The first-order valence-electron chi connectivity index (χ1n) is 6.25. The Morgan fingerprint density at radius 3 is 1.80 bits per heavy atom. The predicted molar refractivity (Wildman–Crippen MR) is 69.8 cm³/mol. The van der Waals surface area contributed by atoms with Gasteiger partial charge in [-0.1, -0.05) is 56.7 Å². The van der Waals surface area contributed by atoms with Gasteiger partial charge in [0.1, 0.15) is 0 Å². The van der Waals surface area contributed by atoms with E-state index in [0.717, 1.165) is 12.8 Å². The van der Waals surface area contributed by atoms with Gasteiger partial charge in [-0.05, 0) is 38.5 Å². The smallest absolute Gasteiger partial charge is 0.0313 e. The zero-order valence-corrected chi connectivity index (χ0v) is 10.1. The Morgan fingerprint density at radius 2 is 1.27 bits per heavy atom. The van der Waals surface area contributed by atoms with E-state index >= 15 is 0 Å². The lowest BCUT2D eigenvalue weighted by atomic mass is 10.2. The second-order valence-corrected chi connectivity index (χ2v) is 3.83. The van der Waals surface area contributed by atoms with Crippen molar-refractivity contribution in [2.45, 2.75) is 58.3 Å². The second kappa shape index (κ2) is 13.2. The molecule has 0 rings (SSSR count). The third kappa shape index (κ3) is 13.2. The maximum atomic E-state index is 5.28. The van der Waals surface area contributed by atoms with Crippen molar-refractivity contribution >= 4 is 0 Å². The maximum Gasteiger partial charge on any atom is -0.0313 e. The summed E-state index contributed by atoms with van der Waals surface area (Å²) in [5.74, 6) is 0. The van der Waals surface area contributed by atoms with E-state index < -0.39 is 0 Å². The number of unbranched alkanes of at least 4 members (excludes halogenated alkanes) is 5. The molecule has 0 aliphatic rings. The Hall–Kier alpha value is -0.780. The van der Waals surface area contributed by atoms with Gasteiger partial charge in [-0.3, -0.25) is 0 Å². The van der Waals surface area contributed by atoms with Crippen LogP contribution in [0.3, 0.4) is 0 Å². The highest BCUT2D eigenvalue weighted by Gasteiger charge is 1.82. The van der Waals surface area contributed by atoms with Crippen molar-refractivity contribution in [1.82, 2.24) is 0 Å². The molecule has 0 nitrogen and oxygen atoms in total. The summed E-state index contributed by atoms with van der Waals surface area (Å²) in [4.78, 5) is 0. The summed E-state index contributed by atoms with van der Waals surface area (Å²) in [5, 5.41) is 0. The summed E-state index contributed by atoms with van der Waals surface area (Å²) < 4.78 is 0. The molecular formula is C15H25. The van der Waals surface area contributed by atoms with E-state index in [1.807, 2.05) is 0 Å². The van der Waals surface area contributed by atoms with Gasteiger partial charge in [0, 0.05) is 0 Å². The van der Waals surface area contributed by atoms with Crippen LogP contribution in [0.4, 0.5) is 0 Å². The van der Waals surface area contributed by atoms with Crippen LogP contribution in [0.1, 0.15) is 58.3 Å². The van der Waals surface area contributed by atoms with E-state index in [1.54, 1.807) is 6.08 Å². The summed E-state index contributed by atoms with van der Waals surface area (Å²) in [6.45, 7) is 7.51. The topological polar surface area (TPSA) is 0 Å². The molecule has 0 heteroatoms. The molecule has 0 aromatic rings. The maximum absolute atomic E-state index is 5.28. The lowest BCUT2D eigenvalue weighted by Gasteiger charge is -1.91. The lowest BCUT2D eigenvalue weighted by Crippen LogP contribution is -1.71. The molecule has 0 atom stereocenters. The molecule has 0 fully saturated rings. The van der Waals surface area contributed by atoms with Crippen molar-refractivity contribution in [2.75, 3.05) is 0 Å². The molecule has 0 spiro atoms. The monoisotopic (exact) mass is 205 g/mol. The largest absolute Gasteiger partial charge is 0.0885 e. The van der Waals surface area contributed by atoms with E-state index in [2.05, 4.69) is 31.2 Å². The summed E-state index contributed by atoms with van der Waals surface area (Å²) >= 11 is 0. The van der Waals surface area contributed by atoms with E-state index in [-0.39, 0.29) is 0 Å². The summed E-state index contributed by atoms with van der Waals surface area (Å²) in [6, 6.07) is 0. The first-order valence-corrected chi connectivity index (χ1v) is 6.25. The predicted octanol–water partition coefficient (Wildman–Crippen LogP) is 5.23. The number of rotatable bonds is 10. The molecule has 85 valence electrons. The van der Waals surface area contributed by atoms with Gasteiger partial charge in [0.05, 0.1) is 0 Å². The third-order valence-electron chi connectivity index (χ3n) is 2.30. The number of hydrogen-bond donors (Lipinski definition) is 0. The first kappa shape index (κ1) is 14.2. The fourth-order valence-corrected chi connectivity index (χ4v) is 1.34. The van der Waals surface area contributed by atoms with Crippen LogP contribution < -0.4 is 0 Å². The molecule has 0 saturated carbocycles. The van der Waals surface area contributed by atoms with Crippen LogP contribution in [0.5, 0.6) is 0 Å². The fraction of sp³-hybridized carbons (Fsp3) is 0.600. The molecule has 0 heterocycles. The highest BCUT2D eigenvalue weighted by molar-refractivity contribution is 4.86. The molecule has 0 N–H and O–H groups in total. The highest BCUT2D eigenvalue weighted by atomic mass is 13.9. The average Bonchev–Trinajstić information content (AvgIpc) is 2.26. The molecule has 0 unspecified atom stereocenters. The van der Waals surface area contributed by atoms with Crippen molar-refractivity contribution in [3.63, 3.8) is 0 Å². The van der Waals surface area contributed by atoms with Crippen LogP contribution in [0.15, 0.2) is 30.4 Å². The first-order chi connectivity index (χ1) is 7.41. The van der Waals surface area contributed by atoms with Crippen LogP contribution in [0, 0.1) is 6.58 Å². The molecule has 0 saturated heterocycles. The Morgan fingerprint density at radius 1 is 0.733 bits per heavy atom. The standard InChI is InChI=1S/C15H25/c1-3-5-7-9-11-13-15-14-12-10-8-6-4-2/h1,3,9-12H,4-8,13-15H2,2H3. The zero-order chi connectivity index (χ0) is 11.2. The van der Waals surface area contributed by atoms with Crippen LogP contribution >= 0.6 is 0 Å². The minimum atomic E-state index is 0.993. The molecule has 0 aliphatic carbocycles. The van der Waals surface area contributed by atoms with Gasteiger partial charge >= 0.3 is 0 Å². The average molecular weight is 205 g/mol. The van der Waals surface area contributed by atoms with Gasteiger partial charge in [-0.2, -0.15) is 0 Å². The SMILES string of the molecule is [CH]=CCCC=CCCCC=CCCCC. The van der Waals surface area contributed by atoms with Crippen molar-refractivity contribution in [1.29, 1.82) is 0 Å². The van der Waals surface area contributed by atoms with E-state index in [4.69, 9.17) is 6.58 Å². The van der Waals surface area contributed by atoms with Crippen LogP contribution in [0.25, 0.3) is 0 Å². The van der Waals surface area contributed by atoms with Crippen molar-refractivity contribution in [2.24, 2.45) is 0 Å². The van der Waals surface area contributed by atoms with E-state index in [0.29, 0.717) is 0 Å². The normalized spacial score (nSPS) is 11.5. The molecule has 1 radical (unpaired) electrons. The Bertz CT molecular complexity index is 174. The Balaban J connectivity index is 3.13. The number of hydrogen-bond acceptors (Lipinski definition) is 0. The van der Waals surface area contributed by atoms with Crippen molar-refractivity contribution in [3.8, 4) is 0 Å². The number of allylic oxidation sites excluding steroid dienone is 5. The van der Waals surface area contributed by atoms with Gasteiger partial charge in [-0.25, -0.2) is 0 Å². The van der Waals surface area contributed by atoms with Gasteiger partial charge in [0.2, 0.25) is 0 Å². The van der Waals surface area contributed by atoms with Crippen LogP contribution in [0.2, 0.25) is 0 Å². The van der Waals surface area contributed by atoms with Gasteiger partial charge in [0.15, 0.2) is 0 Å².